The fourth-order valence-corrected chi connectivity index (χ4v) is 2.02. The topological polar surface area (TPSA) is 78.6 Å². The molecule has 0 spiro atoms. The molecule has 0 radical (unpaired) electrons. The Labute approximate surface area is 142 Å². The molecule has 0 saturated carbocycles. The Hall–Kier alpha value is -3.55. The predicted molar refractivity (Wildman–Crippen MR) is 87.4 cm³/mol. The number of nitrogens with zero attached hydrogens (tertiary/aromatic N) is 4. The van der Waals surface area contributed by atoms with E-state index in [0.717, 1.165) is 0 Å². The van der Waals surface area contributed by atoms with Gasteiger partial charge in [0.2, 0.25) is 0 Å². The summed E-state index contributed by atoms with van der Waals surface area (Å²) in [5, 5.41) is 11.4. The normalized spacial score (nSPS) is 10.8. The smallest absolute Gasteiger partial charge is 0.346 e. The summed E-state index contributed by atoms with van der Waals surface area (Å²) in [4.78, 5) is 12.1. The van der Waals surface area contributed by atoms with Crippen molar-refractivity contribution in [1.82, 2.24) is 14.9 Å². The molecule has 0 aliphatic carbocycles. The van der Waals surface area contributed by atoms with Gasteiger partial charge in [0.05, 0.1) is 18.9 Å². The molecule has 3 rings (SSSR count). The number of hydrogen-bond acceptors (Lipinski definition) is 6. The molecule has 25 heavy (non-hydrogen) atoms. The Bertz CT molecular complexity index is 910. The van der Waals surface area contributed by atoms with Crippen molar-refractivity contribution in [2.45, 2.75) is 0 Å². The van der Waals surface area contributed by atoms with Crippen molar-refractivity contribution in [3.05, 3.63) is 72.1 Å². The van der Waals surface area contributed by atoms with E-state index in [-0.39, 0.29) is 11.3 Å². The van der Waals surface area contributed by atoms with E-state index in [0.29, 0.717) is 11.3 Å². The number of esters is 1. The van der Waals surface area contributed by atoms with Gasteiger partial charge >= 0.3 is 5.97 Å². The number of carbonyl (C=O) groups is 1. The second-order valence-corrected chi connectivity index (χ2v) is 4.87. The standard InChI is InChI=1S/C17H13FN4O3/c1-24-16-8-12(9-21-22-10-19-20-11-22)6-7-15(16)25-17(23)13-4-2-3-5-14(13)18/h2-11H,1H3/b21-9+. The maximum Gasteiger partial charge on any atom is 0.346 e. The van der Waals surface area contributed by atoms with Crippen LogP contribution in [0.25, 0.3) is 0 Å². The van der Waals surface area contributed by atoms with Gasteiger partial charge in [-0.2, -0.15) is 5.10 Å². The van der Waals surface area contributed by atoms with Crippen LogP contribution in [0.4, 0.5) is 4.39 Å². The number of aromatic nitrogens is 3. The van der Waals surface area contributed by atoms with Gasteiger partial charge in [0.15, 0.2) is 11.5 Å². The van der Waals surface area contributed by atoms with Crippen molar-refractivity contribution >= 4 is 12.2 Å². The highest BCUT2D eigenvalue weighted by atomic mass is 19.1. The van der Waals surface area contributed by atoms with Crippen LogP contribution < -0.4 is 9.47 Å². The highest BCUT2D eigenvalue weighted by molar-refractivity contribution is 5.92. The van der Waals surface area contributed by atoms with E-state index >= 15 is 0 Å². The van der Waals surface area contributed by atoms with Gasteiger partial charge in [0.25, 0.3) is 0 Å². The third-order valence-electron chi connectivity index (χ3n) is 3.23. The van der Waals surface area contributed by atoms with Gasteiger partial charge in [0.1, 0.15) is 18.5 Å². The Morgan fingerprint density at radius 2 is 1.92 bits per heavy atom. The third kappa shape index (κ3) is 3.86. The molecule has 126 valence electrons. The Kier molecular flexibility index (Phi) is 4.79. The van der Waals surface area contributed by atoms with Crippen LogP contribution in [0.2, 0.25) is 0 Å². The van der Waals surface area contributed by atoms with Crippen LogP contribution in [0.15, 0.2) is 60.2 Å². The number of methoxy groups -OCH3 is 1. The largest absolute Gasteiger partial charge is 0.493 e. The van der Waals surface area contributed by atoms with Gasteiger partial charge in [-0.3, -0.25) is 0 Å². The lowest BCUT2D eigenvalue weighted by atomic mass is 10.2. The van der Waals surface area contributed by atoms with Crippen LogP contribution in [-0.4, -0.2) is 34.2 Å². The molecular weight excluding hydrogens is 327 g/mol. The monoisotopic (exact) mass is 340 g/mol. The molecule has 0 fully saturated rings. The van der Waals surface area contributed by atoms with E-state index in [1.54, 1.807) is 30.5 Å². The molecule has 7 nitrogen and oxygen atoms in total. The molecule has 0 bridgehead atoms. The summed E-state index contributed by atoms with van der Waals surface area (Å²) in [6.07, 6.45) is 4.45. The summed E-state index contributed by atoms with van der Waals surface area (Å²) in [5.41, 5.74) is 0.555. The van der Waals surface area contributed by atoms with Crippen LogP contribution in [0.5, 0.6) is 11.5 Å². The first-order chi connectivity index (χ1) is 12.2. The molecule has 1 heterocycles. The van der Waals surface area contributed by atoms with Crippen molar-refractivity contribution in [3.63, 3.8) is 0 Å². The molecule has 0 aliphatic heterocycles. The maximum atomic E-state index is 13.7. The Balaban J connectivity index is 1.80. The minimum Gasteiger partial charge on any atom is -0.493 e. The highest BCUT2D eigenvalue weighted by Gasteiger charge is 2.16. The first-order valence-corrected chi connectivity index (χ1v) is 7.21. The molecule has 0 aliphatic rings. The second-order valence-electron chi connectivity index (χ2n) is 4.87. The van der Waals surface area contributed by atoms with Crippen molar-refractivity contribution in [3.8, 4) is 11.5 Å². The number of hydrogen-bond donors (Lipinski definition) is 0. The van der Waals surface area contributed by atoms with Gasteiger partial charge in [-0.15, -0.1) is 10.2 Å². The molecule has 3 aromatic rings. The third-order valence-corrected chi connectivity index (χ3v) is 3.23. The minimum absolute atomic E-state index is 0.150. The SMILES string of the molecule is COc1cc(/C=N/n2cnnc2)ccc1OC(=O)c1ccccc1F. The summed E-state index contributed by atoms with van der Waals surface area (Å²) in [5.74, 6) is -0.957. The van der Waals surface area contributed by atoms with Gasteiger partial charge in [0, 0.05) is 0 Å². The van der Waals surface area contributed by atoms with Crippen molar-refractivity contribution in [2.24, 2.45) is 5.10 Å². The molecule has 1 aromatic heterocycles. The molecule has 2 aromatic carbocycles. The van der Waals surface area contributed by atoms with Crippen LogP contribution in [0.3, 0.4) is 0 Å². The molecule has 0 saturated heterocycles. The van der Waals surface area contributed by atoms with Crippen molar-refractivity contribution in [1.29, 1.82) is 0 Å². The van der Waals surface area contributed by atoms with Gasteiger partial charge in [-0.1, -0.05) is 12.1 Å². The Morgan fingerprint density at radius 3 is 2.64 bits per heavy atom. The van der Waals surface area contributed by atoms with E-state index in [9.17, 15) is 9.18 Å². The highest BCUT2D eigenvalue weighted by Crippen LogP contribution is 2.28. The summed E-state index contributed by atoms with van der Waals surface area (Å²) in [6.45, 7) is 0. The number of benzene rings is 2. The summed E-state index contributed by atoms with van der Waals surface area (Å²) < 4.78 is 25.6. The van der Waals surface area contributed by atoms with Gasteiger partial charge in [-0.05, 0) is 35.9 Å². The van der Waals surface area contributed by atoms with Crippen molar-refractivity contribution in [2.75, 3.05) is 7.11 Å². The molecule has 8 heteroatoms. The first kappa shape index (κ1) is 16.3. The average molecular weight is 340 g/mol. The molecule has 0 N–H and O–H groups in total. The molecular formula is C17H13FN4O3. The molecule has 0 amide bonds. The lowest BCUT2D eigenvalue weighted by molar-refractivity contribution is 0.0725. The minimum atomic E-state index is -0.803. The van der Waals surface area contributed by atoms with E-state index in [1.807, 2.05) is 0 Å². The summed E-state index contributed by atoms with van der Waals surface area (Å²) in [7, 11) is 1.44. The fraction of sp³-hybridized carbons (Fsp3) is 0.0588. The number of ether oxygens (including phenoxy) is 2. The fourth-order valence-electron chi connectivity index (χ4n) is 2.02. The van der Waals surface area contributed by atoms with Gasteiger partial charge in [-0.25, -0.2) is 13.9 Å². The molecule has 0 atom stereocenters. The zero-order valence-corrected chi connectivity index (χ0v) is 13.2. The van der Waals surface area contributed by atoms with E-state index in [2.05, 4.69) is 15.3 Å². The van der Waals surface area contributed by atoms with Crippen LogP contribution in [0, 0.1) is 5.82 Å². The molecule has 0 unspecified atom stereocenters. The van der Waals surface area contributed by atoms with E-state index in [1.165, 1.54) is 42.6 Å². The number of rotatable bonds is 5. The van der Waals surface area contributed by atoms with Crippen LogP contribution in [0.1, 0.15) is 15.9 Å². The van der Waals surface area contributed by atoms with E-state index < -0.39 is 11.8 Å². The zero-order valence-electron chi connectivity index (χ0n) is 13.2. The summed E-state index contributed by atoms with van der Waals surface area (Å²) >= 11 is 0. The second kappa shape index (κ2) is 7.35. The van der Waals surface area contributed by atoms with Crippen LogP contribution >= 0.6 is 0 Å². The lowest BCUT2D eigenvalue weighted by Gasteiger charge is -2.10. The van der Waals surface area contributed by atoms with Crippen LogP contribution in [-0.2, 0) is 0 Å². The zero-order chi connectivity index (χ0) is 17.6. The number of halogens is 1. The Morgan fingerprint density at radius 1 is 1.16 bits per heavy atom. The maximum absolute atomic E-state index is 13.7. The average Bonchev–Trinajstić information content (AvgIpc) is 3.14. The predicted octanol–water partition coefficient (Wildman–Crippen LogP) is 2.53. The quantitative estimate of drug-likeness (QED) is 0.405. The number of carbonyl (C=O) groups excluding carboxylic acids is 1. The van der Waals surface area contributed by atoms with Gasteiger partial charge < -0.3 is 9.47 Å². The first-order valence-electron chi connectivity index (χ1n) is 7.21. The van der Waals surface area contributed by atoms with E-state index in [4.69, 9.17) is 9.47 Å². The lowest BCUT2D eigenvalue weighted by Crippen LogP contribution is -2.11. The summed E-state index contributed by atoms with van der Waals surface area (Å²) in [6, 6.07) is 10.5. The van der Waals surface area contributed by atoms with Crippen molar-refractivity contribution < 1.29 is 18.7 Å².